The van der Waals surface area contributed by atoms with E-state index in [0.29, 0.717) is 5.56 Å². The van der Waals surface area contributed by atoms with Crippen molar-refractivity contribution >= 4 is 21.7 Å². The summed E-state index contributed by atoms with van der Waals surface area (Å²) in [6.07, 6.45) is 0.589. The highest BCUT2D eigenvalue weighted by Crippen LogP contribution is 2.23. The summed E-state index contributed by atoms with van der Waals surface area (Å²) >= 11 is 2.99. The number of halogens is 3. The largest absolute Gasteiger partial charge is 0.294 e. The lowest BCUT2D eigenvalue weighted by atomic mass is 10.0. The molecule has 0 aromatic heterocycles. The summed E-state index contributed by atoms with van der Waals surface area (Å²) < 4.78 is 27.6. The van der Waals surface area contributed by atoms with Crippen LogP contribution in [-0.4, -0.2) is 5.78 Å². The number of carbonyl (C=O) groups is 1. The lowest BCUT2D eigenvalue weighted by molar-refractivity contribution is 0.0990. The quantitative estimate of drug-likeness (QED) is 0.582. The Balaban J connectivity index is 2.25. The monoisotopic (exact) mass is 338 g/mol. The number of Topliss-reactive ketones (excluding diaryl/α,β-unsaturated/α-hetero) is 1. The summed E-state index contributed by atoms with van der Waals surface area (Å²) in [6.45, 7) is 2.02. The maximum Gasteiger partial charge on any atom is 0.167 e. The van der Waals surface area contributed by atoms with Gasteiger partial charge in [-0.25, -0.2) is 8.78 Å². The van der Waals surface area contributed by atoms with Gasteiger partial charge in [0.15, 0.2) is 5.78 Å². The first-order chi connectivity index (χ1) is 9.52. The van der Waals surface area contributed by atoms with Crippen molar-refractivity contribution in [3.63, 3.8) is 0 Å². The van der Waals surface area contributed by atoms with Crippen molar-refractivity contribution in [2.24, 2.45) is 0 Å². The number of rotatable bonds is 4. The number of carbonyl (C=O) groups excluding carboxylic acids is 1. The van der Waals surface area contributed by atoms with Gasteiger partial charge in [0.1, 0.15) is 11.6 Å². The van der Waals surface area contributed by atoms with E-state index >= 15 is 0 Å². The van der Waals surface area contributed by atoms with Gasteiger partial charge in [0, 0.05) is 17.5 Å². The molecule has 0 amide bonds. The molecule has 20 heavy (non-hydrogen) atoms. The van der Waals surface area contributed by atoms with Crippen LogP contribution in [-0.2, 0) is 12.8 Å². The van der Waals surface area contributed by atoms with Crippen LogP contribution < -0.4 is 0 Å². The van der Waals surface area contributed by atoms with Crippen molar-refractivity contribution in [2.45, 2.75) is 19.8 Å². The summed E-state index contributed by atoms with van der Waals surface area (Å²) in [6, 6.07) is 9.51. The highest BCUT2D eigenvalue weighted by molar-refractivity contribution is 9.10. The van der Waals surface area contributed by atoms with Gasteiger partial charge < -0.3 is 0 Å². The minimum Gasteiger partial charge on any atom is -0.294 e. The third-order valence-corrected chi connectivity index (χ3v) is 3.77. The molecule has 0 atom stereocenters. The van der Waals surface area contributed by atoms with Gasteiger partial charge in [-0.05, 0) is 40.0 Å². The predicted octanol–water partition coefficient (Wildman–Crippen LogP) is 4.72. The Bertz CT molecular complexity index is 636. The van der Waals surface area contributed by atoms with E-state index in [1.165, 1.54) is 6.07 Å². The third-order valence-electron chi connectivity index (χ3n) is 3.16. The Hall–Kier alpha value is -1.55. The fourth-order valence-corrected chi connectivity index (χ4v) is 2.29. The van der Waals surface area contributed by atoms with Gasteiger partial charge in [-0.15, -0.1) is 0 Å². The van der Waals surface area contributed by atoms with Crippen molar-refractivity contribution in [2.75, 3.05) is 0 Å². The zero-order chi connectivity index (χ0) is 14.7. The van der Waals surface area contributed by atoms with Gasteiger partial charge >= 0.3 is 0 Å². The molecule has 0 aliphatic rings. The van der Waals surface area contributed by atoms with Gasteiger partial charge in [0.25, 0.3) is 0 Å². The molecule has 1 nitrogen and oxygen atoms in total. The molecule has 0 spiro atoms. The average molecular weight is 339 g/mol. The molecule has 2 rings (SSSR count). The molecule has 104 valence electrons. The highest BCUT2D eigenvalue weighted by atomic mass is 79.9. The molecule has 0 aliphatic carbocycles. The van der Waals surface area contributed by atoms with Crippen LogP contribution in [0.15, 0.2) is 40.9 Å². The van der Waals surface area contributed by atoms with Crippen LogP contribution in [0.2, 0.25) is 0 Å². The molecule has 0 saturated heterocycles. The Morgan fingerprint density at radius 2 is 1.75 bits per heavy atom. The maximum atomic E-state index is 13.8. The first kappa shape index (κ1) is 14.9. The summed E-state index contributed by atoms with van der Waals surface area (Å²) in [5.41, 5.74) is 1.37. The highest BCUT2D eigenvalue weighted by Gasteiger charge is 2.16. The van der Waals surface area contributed by atoms with Gasteiger partial charge in [-0.3, -0.25) is 4.79 Å². The number of aryl methyl sites for hydroxylation is 1. The van der Waals surface area contributed by atoms with Crippen molar-refractivity contribution in [1.82, 2.24) is 0 Å². The van der Waals surface area contributed by atoms with Crippen molar-refractivity contribution in [1.29, 1.82) is 0 Å². The number of hydrogen-bond acceptors (Lipinski definition) is 1. The fourth-order valence-electron chi connectivity index (χ4n) is 1.92. The van der Waals surface area contributed by atoms with E-state index in [0.717, 1.165) is 18.1 Å². The minimum atomic E-state index is -0.719. The standard InChI is InChI=1S/C16H13BrF2O/c1-2-10-3-5-11(6-4-10)15(20)9-12-14(18)8-7-13(17)16(12)19/h3-8H,2,9H2,1H3. The summed E-state index contributed by atoms with van der Waals surface area (Å²) in [7, 11) is 0. The summed E-state index contributed by atoms with van der Waals surface area (Å²) in [4.78, 5) is 12.1. The minimum absolute atomic E-state index is 0.156. The van der Waals surface area contributed by atoms with Crippen LogP contribution in [0.1, 0.15) is 28.4 Å². The molecule has 4 heteroatoms. The summed E-state index contributed by atoms with van der Waals surface area (Å²) in [5, 5.41) is 0. The third kappa shape index (κ3) is 3.12. The molecular weight excluding hydrogens is 326 g/mol. The Labute approximate surface area is 124 Å². The summed E-state index contributed by atoms with van der Waals surface area (Å²) in [5.74, 6) is -1.73. The van der Waals surface area contributed by atoms with Crippen molar-refractivity contribution in [3.05, 3.63) is 69.2 Å². The Kier molecular flexibility index (Phi) is 4.65. The van der Waals surface area contributed by atoms with E-state index in [1.54, 1.807) is 12.1 Å². The smallest absolute Gasteiger partial charge is 0.167 e. The van der Waals surface area contributed by atoms with E-state index in [-0.39, 0.29) is 22.2 Å². The predicted molar refractivity (Wildman–Crippen MR) is 77.9 cm³/mol. The SMILES string of the molecule is CCc1ccc(C(=O)Cc2c(F)ccc(Br)c2F)cc1. The van der Waals surface area contributed by atoms with Crippen molar-refractivity contribution < 1.29 is 13.6 Å². The van der Waals surface area contributed by atoms with Crippen LogP contribution >= 0.6 is 15.9 Å². The molecule has 0 fully saturated rings. The molecular formula is C16H13BrF2O. The van der Waals surface area contributed by atoms with Gasteiger partial charge in [-0.2, -0.15) is 0 Å². The molecule has 0 radical (unpaired) electrons. The van der Waals surface area contributed by atoms with Gasteiger partial charge in [0.2, 0.25) is 0 Å². The topological polar surface area (TPSA) is 17.1 Å². The number of benzene rings is 2. The molecule has 0 aliphatic heterocycles. The Morgan fingerprint density at radius 1 is 1.10 bits per heavy atom. The second kappa shape index (κ2) is 6.27. The van der Waals surface area contributed by atoms with Crippen LogP contribution in [0, 0.1) is 11.6 Å². The zero-order valence-corrected chi connectivity index (χ0v) is 12.5. The Morgan fingerprint density at radius 3 is 2.35 bits per heavy atom. The van der Waals surface area contributed by atoms with Gasteiger partial charge in [0.05, 0.1) is 4.47 Å². The van der Waals surface area contributed by atoms with E-state index in [4.69, 9.17) is 0 Å². The molecule has 0 N–H and O–H groups in total. The molecule has 2 aromatic carbocycles. The van der Waals surface area contributed by atoms with Crippen LogP contribution in [0.25, 0.3) is 0 Å². The van der Waals surface area contributed by atoms with E-state index in [9.17, 15) is 13.6 Å². The van der Waals surface area contributed by atoms with Crippen LogP contribution in [0.4, 0.5) is 8.78 Å². The van der Waals surface area contributed by atoms with E-state index in [2.05, 4.69) is 15.9 Å². The lowest BCUT2D eigenvalue weighted by Gasteiger charge is -2.06. The average Bonchev–Trinajstić information content (AvgIpc) is 2.47. The number of hydrogen-bond donors (Lipinski definition) is 0. The van der Waals surface area contributed by atoms with Crippen LogP contribution in [0.3, 0.4) is 0 Å². The van der Waals surface area contributed by atoms with Crippen LogP contribution in [0.5, 0.6) is 0 Å². The molecule has 0 bridgehead atoms. The first-order valence-corrected chi connectivity index (χ1v) is 7.06. The first-order valence-electron chi connectivity index (χ1n) is 6.27. The lowest BCUT2D eigenvalue weighted by Crippen LogP contribution is -2.08. The second-order valence-corrected chi connectivity index (χ2v) is 5.33. The molecule has 0 saturated carbocycles. The zero-order valence-electron chi connectivity index (χ0n) is 10.9. The fraction of sp³-hybridized carbons (Fsp3) is 0.188. The van der Waals surface area contributed by atoms with Gasteiger partial charge in [-0.1, -0.05) is 31.2 Å². The molecule has 0 heterocycles. The van der Waals surface area contributed by atoms with E-state index in [1.807, 2.05) is 19.1 Å². The van der Waals surface area contributed by atoms with Crippen molar-refractivity contribution in [3.8, 4) is 0 Å². The normalized spacial score (nSPS) is 10.6. The molecule has 2 aromatic rings. The second-order valence-electron chi connectivity index (χ2n) is 4.47. The maximum absolute atomic E-state index is 13.8. The molecule has 0 unspecified atom stereocenters. The number of ketones is 1. The van der Waals surface area contributed by atoms with E-state index < -0.39 is 11.6 Å².